The first-order valence-electron chi connectivity index (χ1n) is 8.76. The number of rotatable bonds is 6. The summed E-state index contributed by atoms with van der Waals surface area (Å²) >= 11 is 1.40. The van der Waals surface area contributed by atoms with Gasteiger partial charge in [-0.2, -0.15) is 0 Å². The maximum Gasteiger partial charge on any atom is 0.189 e. The monoisotopic (exact) mass is 381 g/mol. The van der Waals surface area contributed by atoms with Crippen molar-refractivity contribution >= 4 is 23.3 Å². The van der Waals surface area contributed by atoms with Gasteiger partial charge in [-0.25, -0.2) is 4.98 Å². The van der Waals surface area contributed by atoms with Crippen LogP contribution in [0.5, 0.6) is 0 Å². The molecule has 1 N–H and O–H groups in total. The van der Waals surface area contributed by atoms with E-state index in [1.54, 1.807) is 6.20 Å². The van der Waals surface area contributed by atoms with E-state index in [0.29, 0.717) is 11.3 Å². The van der Waals surface area contributed by atoms with Crippen molar-refractivity contribution in [2.75, 3.05) is 5.75 Å². The van der Waals surface area contributed by atoms with Gasteiger partial charge < -0.3 is 4.98 Å². The van der Waals surface area contributed by atoms with Crippen LogP contribution in [0.2, 0.25) is 0 Å². The highest BCUT2D eigenvalue weighted by molar-refractivity contribution is 7.99. The molecule has 6 heteroatoms. The lowest BCUT2D eigenvalue weighted by atomic mass is 10.1. The van der Waals surface area contributed by atoms with Crippen LogP contribution in [0.25, 0.3) is 5.69 Å². The van der Waals surface area contributed by atoms with Crippen LogP contribution in [0.3, 0.4) is 0 Å². The molecule has 0 atom stereocenters. The Morgan fingerprint density at radius 2 is 1.93 bits per heavy atom. The van der Waals surface area contributed by atoms with Crippen LogP contribution < -0.4 is 0 Å². The van der Waals surface area contributed by atoms with Crippen LogP contribution in [-0.2, 0) is 0 Å². The van der Waals surface area contributed by atoms with Gasteiger partial charge in [-0.1, -0.05) is 23.9 Å². The fourth-order valence-corrected chi connectivity index (χ4v) is 4.16. The minimum atomic E-state index is -0.0383. The van der Waals surface area contributed by atoms with E-state index >= 15 is 0 Å². The Morgan fingerprint density at radius 1 is 1.19 bits per heavy atom. The number of thioether (sulfide) groups is 1. The Hall–Kier alpha value is -2.60. The largest absolute Gasteiger partial charge is 0.355 e. The summed E-state index contributed by atoms with van der Waals surface area (Å²) in [5.74, 6) is 0.182. The van der Waals surface area contributed by atoms with E-state index < -0.39 is 0 Å². The van der Waals surface area contributed by atoms with Gasteiger partial charge in [0.1, 0.15) is 0 Å². The van der Waals surface area contributed by atoms with Crippen molar-refractivity contribution in [3.63, 3.8) is 0 Å². The zero-order valence-corrected chi connectivity index (χ0v) is 17.0. The number of nitrogens with one attached hydrogen (secondary N) is 1. The van der Waals surface area contributed by atoms with Crippen LogP contribution >= 0.6 is 11.8 Å². The van der Waals surface area contributed by atoms with Crippen LogP contribution in [0.15, 0.2) is 35.7 Å². The average molecular weight is 382 g/mol. The van der Waals surface area contributed by atoms with Crippen LogP contribution in [0.1, 0.15) is 50.2 Å². The summed E-state index contributed by atoms with van der Waals surface area (Å²) in [6, 6.07) is 6.27. The molecule has 0 bridgehead atoms. The van der Waals surface area contributed by atoms with Gasteiger partial charge in [0.2, 0.25) is 0 Å². The average Bonchev–Trinajstić information content (AvgIpc) is 3.18. The van der Waals surface area contributed by atoms with Crippen LogP contribution in [-0.4, -0.2) is 31.9 Å². The third kappa shape index (κ3) is 3.76. The summed E-state index contributed by atoms with van der Waals surface area (Å²) in [6.45, 7) is 9.27. The molecule has 0 saturated heterocycles. The Bertz CT molecular complexity index is 1030. The fourth-order valence-electron chi connectivity index (χ4n) is 3.32. The lowest BCUT2D eigenvalue weighted by Crippen LogP contribution is -2.07. The second kappa shape index (κ2) is 7.56. The second-order valence-corrected chi connectivity index (χ2v) is 7.71. The zero-order valence-electron chi connectivity index (χ0n) is 16.2. The molecule has 2 heterocycles. The molecule has 5 nitrogen and oxygen atoms in total. The number of nitrogens with zero attached hydrogens (tertiary/aromatic N) is 2. The van der Waals surface area contributed by atoms with Gasteiger partial charge in [-0.3, -0.25) is 14.2 Å². The number of aromatic amines is 1. The Balaban J connectivity index is 1.82. The molecular formula is C21H23N3O2S. The van der Waals surface area contributed by atoms with Crippen molar-refractivity contribution < 1.29 is 9.59 Å². The number of carbonyl (C=O) groups is 2. The van der Waals surface area contributed by atoms with Gasteiger partial charge in [-0.15, -0.1) is 0 Å². The number of hydrogen-bond acceptors (Lipinski definition) is 4. The van der Waals surface area contributed by atoms with E-state index in [9.17, 15) is 9.59 Å². The van der Waals surface area contributed by atoms with Gasteiger partial charge in [0.15, 0.2) is 16.7 Å². The van der Waals surface area contributed by atoms with E-state index in [1.165, 1.54) is 24.2 Å². The molecule has 27 heavy (non-hydrogen) atoms. The van der Waals surface area contributed by atoms with Crippen molar-refractivity contribution in [1.29, 1.82) is 0 Å². The molecule has 2 aromatic heterocycles. The zero-order chi connectivity index (χ0) is 19.7. The molecule has 0 aliphatic heterocycles. The number of ketones is 2. The Labute approximate surface area is 163 Å². The van der Waals surface area contributed by atoms with Gasteiger partial charge in [0.25, 0.3) is 0 Å². The summed E-state index contributed by atoms with van der Waals surface area (Å²) in [6.07, 6.45) is 3.65. The standard InChI is InChI=1S/C21H23N3O2S/c1-12-6-7-13(2)17(10-12)24-9-8-22-21(24)27-11-18(26)20-14(3)19(16(5)25)15(4)23-20/h6-10,23H,11H2,1-5H3. The molecule has 0 amide bonds. The molecule has 0 radical (unpaired) electrons. The van der Waals surface area contributed by atoms with Gasteiger partial charge >= 0.3 is 0 Å². The predicted molar refractivity (Wildman–Crippen MR) is 108 cm³/mol. The lowest BCUT2D eigenvalue weighted by molar-refractivity contribution is 0.101. The molecule has 0 saturated carbocycles. The fraction of sp³-hybridized carbons (Fsp3) is 0.286. The molecule has 140 valence electrons. The summed E-state index contributed by atoms with van der Waals surface area (Å²) in [4.78, 5) is 32.0. The third-order valence-electron chi connectivity index (χ3n) is 4.63. The molecular weight excluding hydrogens is 358 g/mol. The second-order valence-electron chi connectivity index (χ2n) is 6.76. The van der Waals surface area contributed by atoms with Crippen LogP contribution in [0.4, 0.5) is 0 Å². The van der Waals surface area contributed by atoms with Gasteiger partial charge in [0, 0.05) is 23.7 Å². The molecule has 3 aromatic rings. The molecule has 3 rings (SSSR count). The molecule has 1 aromatic carbocycles. The lowest BCUT2D eigenvalue weighted by Gasteiger charge is -2.11. The molecule has 0 aliphatic rings. The summed E-state index contributed by atoms with van der Waals surface area (Å²) in [5.41, 5.74) is 5.97. The van der Waals surface area contributed by atoms with E-state index in [0.717, 1.165) is 27.7 Å². The summed E-state index contributed by atoms with van der Waals surface area (Å²) < 4.78 is 2.01. The number of hydrogen-bond donors (Lipinski definition) is 1. The number of H-pyrrole nitrogens is 1. The number of carbonyl (C=O) groups excluding carboxylic acids is 2. The normalized spacial score (nSPS) is 11.0. The third-order valence-corrected chi connectivity index (χ3v) is 5.60. The minimum absolute atomic E-state index is 0.0292. The number of aromatic nitrogens is 3. The Morgan fingerprint density at radius 3 is 2.59 bits per heavy atom. The van der Waals surface area contributed by atoms with Crippen molar-refractivity contribution in [1.82, 2.24) is 14.5 Å². The quantitative estimate of drug-likeness (QED) is 0.500. The van der Waals surface area contributed by atoms with Crippen molar-refractivity contribution in [3.8, 4) is 5.69 Å². The highest BCUT2D eigenvalue weighted by Gasteiger charge is 2.20. The maximum absolute atomic E-state index is 12.7. The first-order valence-corrected chi connectivity index (χ1v) is 9.75. The molecule has 0 aliphatic carbocycles. The molecule has 0 spiro atoms. The first-order chi connectivity index (χ1) is 12.8. The van der Waals surface area contributed by atoms with Gasteiger partial charge in [0.05, 0.1) is 17.1 Å². The summed E-state index contributed by atoms with van der Waals surface area (Å²) in [5, 5.41) is 0.768. The summed E-state index contributed by atoms with van der Waals surface area (Å²) in [7, 11) is 0. The van der Waals surface area contributed by atoms with Crippen LogP contribution in [0, 0.1) is 27.7 Å². The highest BCUT2D eigenvalue weighted by atomic mass is 32.2. The Kier molecular flexibility index (Phi) is 5.37. The number of benzene rings is 1. The van der Waals surface area contributed by atoms with Crippen molar-refractivity contribution in [3.05, 3.63) is 64.2 Å². The van der Waals surface area contributed by atoms with Crippen molar-refractivity contribution in [2.24, 2.45) is 0 Å². The smallest absolute Gasteiger partial charge is 0.189 e. The SMILES string of the molecule is CC(=O)c1c(C)[nH]c(C(=O)CSc2nccn2-c2cc(C)ccc2C)c1C. The molecule has 0 unspecified atom stereocenters. The van der Waals surface area contributed by atoms with Gasteiger partial charge in [-0.05, 0) is 57.4 Å². The van der Waals surface area contributed by atoms with E-state index in [2.05, 4.69) is 42.0 Å². The van der Waals surface area contributed by atoms with Crippen molar-refractivity contribution in [2.45, 2.75) is 39.8 Å². The van der Waals surface area contributed by atoms with E-state index in [-0.39, 0.29) is 17.3 Å². The minimum Gasteiger partial charge on any atom is -0.355 e. The number of Topliss-reactive ketones (excluding diaryl/α,β-unsaturated/α-hetero) is 2. The highest BCUT2D eigenvalue weighted by Crippen LogP contribution is 2.25. The first kappa shape index (κ1) is 19.2. The maximum atomic E-state index is 12.7. The number of imidazole rings is 1. The number of aryl methyl sites for hydroxylation is 3. The molecule has 0 fully saturated rings. The van der Waals surface area contributed by atoms with E-state index in [4.69, 9.17) is 0 Å². The topological polar surface area (TPSA) is 67.8 Å². The van der Waals surface area contributed by atoms with E-state index in [1.807, 2.05) is 24.6 Å². The predicted octanol–water partition coefficient (Wildman–Crippen LogP) is 4.61.